The van der Waals surface area contributed by atoms with Crippen molar-refractivity contribution in [3.8, 4) is 0 Å². The van der Waals surface area contributed by atoms with Crippen LogP contribution in [0.3, 0.4) is 0 Å². The van der Waals surface area contributed by atoms with Crippen molar-refractivity contribution in [1.29, 1.82) is 0 Å². The molecule has 23 heavy (non-hydrogen) atoms. The molecule has 0 aromatic heterocycles. The lowest BCUT2D eigenvalue weighted by Crippen LogP contribution is -2.23. The van der Waals surface area contributed by atoms with Gasteiger partial charge in [0.1, 0.15) is 0 Å². The van der Waals surface area contributed by atoms with E-state index >= 15 is 0 Å². The maximum absolute atomic E-state index is 12.3. The second-order valence-corrected chi connectivity index (χ2v) is 5.95. The highest BCUT2D eigenvalue weighted by molar-refractivity contribution is 6.31. The van der Waals surface area contributed by atoms with Gasteiger partial charge in [-0.2, -0.15) is 0 Å². The van der Waals surface area contributed by atoms with Crippen molar-refractivity contribution >= 4 is 29.1 Å². The Morgan fingerprint density at radius 3 is 2.83 bits per heavy atom. The topological polar surface area (TPSA) is 58.2 Å². The summed E-state index contributed by atoms with van der Waals surface area (Å²) in [4.78, 5) is 23.9. The number of nitrogens with one attached hydrogen (secondary N) is 2. The Labute approximate surface area is 139 Å². The Bertz CT molecular complexity index is 758. The molecule has 0 saturated heterocycles. The fourth-order valence-corrected chi connectivity index (χ4v) is 2.84. The predicted octanol–water partition coefficient (Wildman–Crippen LogP) is 3.54. The molecule has 3 rings (SSSR count). The molecule has 2 N–H and O–H groups in total. The monoisotopic (exact) mass is 328 g/mol. The van der Waals surface area contributed by atoms with Crippen molar-refractivity contribution in [3.63, 3.8) is 0 Å². The van der Waals surface area contributed by atoms with E-state index < -0.39 is 0 Å². The lowest BCUT2D eigenvalue weighted by Gasteiger charge is -2.10. The summed E-state index contributed by atoms with van der Waals surface area (Å²) in [6.07, 6.45) is 2.10. The molecular weight excluding hydrogens is 312 g/mol. The number of fused-ring (bicyclic) bond motifs is 1. The molecule has 0 bridgehead atoms. The summed E-state index contributed by atoms with van der Waals surface area (Å²) in [5.74, 6) is -0.122. The van der Waals surface area contributed by atoms with E-state index in [1.807, 2.05) is 24.3 Å². The summed E-state index contributed by atoms with van der Waals surface area (Å²) < 4.78 is 0. The van der Waals surface area contributed by atoms with Gasteiger partial charge in [-0.05, 0) is 48.2 Å². The molecule has 1 aliphatic heterocycles. The van der Waals surface area contributed by atoms with E-state index in [1.54, 1.807) is 18.2 Å². The van der Waals surface area contributed by atoms with Crippen molar-refractivity contribution in [1.82, 2.24) is 5.32 Å². The number of hydrogen-bond acceptors (Lipinski definition) is 2. The van der Waals surface area contributed by atoms with E-state index in [1.165, 1.54) is 0 Å². The summed E-state index contributed by atoms with van der Waals surface area (Å²) in [5, 5.41) is 6.38. The highest BCUT2D eigenvalue weighted by Crippen LogP contribution is 2.23. The fourth-order valence-electron chi connectivity index (χ4n) is 2.64. The summed E-state index contributed by atoms with van der Waals surface area (Å²) in [5.41, 5.74) is 3.27. The zero-order valence-corrected chi connectivity index (χ0v) is 13.3. The zero-order chi connectivity index (χ0) is 16.2. The number of carbonyl (C=O) groups excluding carboxylic acids is 2. The van der Waals surface area contributed by atoms with Crippen LogP contribution >= 0.6 is 11.6 Å². The molecule has 0 saturated carbocycles. The Kier molecular flexibility index (Phi) is 4.63. The van der Waals surface area contributed by atoms with Gasteiger partial charge in [0.2, 0.25) is 5.91 Å². The Morgan fingerprint density at radius 1 is 1.17 bits per heavy atom. The van der Waals surface area contributed by atoms with Gasteiger partial charge in [0.05, 0.1) is 0 Å². The molecule has 118 valence electrons. The summed E-state index contributed by atoms with van der Waals surface area (Å²) in [7, 11) is 0. The maximum atomic E-state index is 12.3. The van der Waals surface area contributed by atoms with Gasteiger partial charge in [-0.1, -0.05) is 29.8 Å². The average Bonchev–Trinajstić information content (AvgIpc) is 2.73. The summed E-state index contributed by atoms with van der Waals surface area (Å²) >= 11 is 6.09. The van der Waals surface area contributed by atoms with Crippen molar-refractivity contribution in [2.45, 2.75) is 25.8 Å². The molecule has 0 atom stereocenters. The van der Waals surface area contributed by atoms with Crippen molar-refractivity contribution in [2.75, 3.05) is 5.32 Å². The van der Waals surface area contributed by atoms with E-state index in [0.717, 1.165) is 29.7 Å². The number of benzene rings is 2. The largest absolute Gasteiger partial charge is 0.348 e. The lowest BCUT2D eigenvalue weighted by atomic mass is 10.0. The molecule has 0 unspecified atom stereocenters. The summed E-state index contributed by atoms with van der Waals surface area (Å²) in [6, 6.07) is 12.8. The van der Waals surface area contributed by atoms with Crippen LogP contribution in [0.1, 0.15) is 34.3 Å². The quantitative estimate of drug-likeness (QED) is 0.905. The van der Waals surface area contributed by atoms with Gasteiger partial charge in [0.15, 0.2) is 0 Å². The molecule has 2 amide bonds. The predicted molar refractivity (Wildman–Crippen MR) is 90.6 cm³/mol. The van der Waals surface area contributed by atoms with Crippen LogP contribution in [0.5, 0.6) is 0 Å². The number of anilines is 1. The number of halogens is 1. The molecule has 0 spiro atoms. The van der Waals surface area contributed by atoms with Gasteiger partial charge in [0.25, 0.3) is 5.91 Å². The third kappa shape index (κ3) is 3.71. The van der Waals surface area contributed by atoms with Crippen molar-refractivity contribution < 1.29 is 9.59 Å². The molecule has 0 fully saturated rings. The van der Waals surface area contributed by atoms with E-state index in [9.17, 15) is 9.59 Å². The molecule has 1 aliphatic rings. The molecule has 1 heterocycles. The standard InChI is InChI=1S/C18H17ClN2O2/c19-15-6-2-1-4-14(15)11-20-18(23)13-8-9-16-12(10-13)5-3-7-17(22)21-16/h1-2,4,6,8-10H,3,5,7,11H2,(H,20,23)(H,21,22). The normalized spacial score (nSPS) is 13.7. The van der Waals surface area contributed by atoms with Crippen molar-refractivity contribution in [2.24, 2.45) is 0 Å². The van der Waals surface area contributed by atoms with Gasteiger partial charge in [0, 0.05) is 29.2 Å². The number of carbonyl (C=O) groups is 2. The first-order valence-electron chi connectivity index (χ1n) is 7.58. The van der Waals surface area contributed by atoms with Gasteiger partial charge in [-0.25, -0.2) is 0 Å². The van der Waals surface area contributed by atoms with E-state index in [0.29, 0.717) is 23.6 Å². The second kappa shape index (κ2) is 6.84. The zero-order valence-electron chi connectivity index (χ0n) is 12.6. The third-order valence-electron chi connectivity index (χ3n) is 3.89. The summed E-state index contributed by atoms with van der Waals surface area (Å²) in [6.45, 7) is 0.381. The number of hydrogen-bond donors (Lipinski definition) is 2. The van der Waals surface area contributed by atoms with Gasteiger partial charge < -0.3 is 10.6 Å². The van der Waals surface area contributed by atoms with E-state index in [-0.39, 0.29) is 11.8 Å². The molecule has 2 aromatic carbocycles. The third-order valence-corrected chi connectivity index (χ3v) is 4.26. The molecule has 0 radical (unpaired) electrons. The number of amides is 2. The van der Waals surface area contributed by atoms with Crippen LogP contribution in [-0.2, 0) is 17.8 Å². The van der Waals surface area contributed by atoms with Gasteiger partial charge >= 0.3 is 0 Å². The van der Waals surface area contributed by atoms with Crippen LogP contribution < -0.4 is 10.6 Å². The fraction of sp³-hybridized carbons (Fsp3) is 0.222. The van der Waals surface area contributed by atoms with E-state index in [2.05, 4.69) is 10.6 Å². The van der Waals surface area contributed by atoms with Crippen LogP contribution in [0.25, 0.3) is 0 Å². The molecular formula is C18H17ClN2O2. The van der Waals surface area contributed by atoms with Crippen LogP contribution in [0.4, 0.5) is 5.69 Å². The number of aryl methyl sites for hydroxylation is 1. The molecule has 5 heteroatoms. The smallest absolute Gasteiger partial charge is 0.251 e. The van der Waals surface area contributed by atoms with Gasteiger partial charge in [-0.3, -0.25) is 9.59 Å². The second-order valence-electron chi connectivity index (χ2n) is 5.55. The first kappa shape index (κ1) is 15.6. The Balaban J connectivity index is 1.72. The van der Waals surface area contributed by atoms with Gasteiger partial charge in [-0.15, -0.1) is 0 Å². The molecule has 4 nitrogen and oxygen atoms in total. The average molecular weight is 329 g/mol. The minimum absolute atomic E-state index is 0.0275. The minimum Gasteiger partial charge on any atom is -0.348 e. The van der Waals surface area contributed by atoms with Crippen molar-refractivity contribution in [3.05, 3.63) is 64.2 Å². The Morgan fingerprint density at radius 2 is 2.00 bits per heavy atom. The van der Waals surface area contributed by atoms with Crippen LogP contribution in [0, 0.1) is 0 Å². The molecule has 0 aliphatic carbocycles. The molecule has 2 aromatic rings. The van der Waals surface area contributed by atoms with E-state index in [4.69, 9.17) is 11.6 Å². The first-order valence-corrected chi connectivity index (χ1v) is 7.95. The Hall–Kier alpha value is -2.33. The van der Waals surface area contributed by atoms with Crippen LogP contribution in [0.2, 0.25) is 5.02 Å². The SMILES string of the molecule is O=C1CCCc2cc(C(=O)NCc3ccccc3Cl)ccc2N1. The van der Waals surface area contributed by atoms with Crippen LogP contribution in [0.15, 0.2) is 42.5 Å². The highest BCUT2D eigenvalue weighted by atomic mass is 35.5. The highest BCUT2D eigenvalue weighted by Gasteiger charge is 2.15. The lowest BCUT2D eigenvalue weighted by molar-refractivity contribution is -0.116. The van der Waals surface area contributed by atoms with Crippen LogP contribution in [-0.4, -0.2) is 11.8 Å². The first-order chi connectivity index (χ1) is 11.1. The minimum atomic E-state index is -0.150. The maximum Gasteiger partial charge on any atom is 0.251 e. The number of rotatable bonds is 3.